The molecule has 5 nitrogen and oxygen atoms in total. The molecular weight excluding hydrogens is 256 g/mol. The third kappa shape index (κ3) is 5.38. The van der Waals surface area contributed by atoms with Gasteiger partial charge in [-0.3, -0.25) is 4.79 Å². The molecule has 1 aliphatic carbocycles. The van der Waals surface area contributed by atoms with Crippen molar-refractivity contribution in [2.75, 3.05) is 26.4 Å². The van der Waals surface area contributed by atoms with Crippen molar-refractivity contribution in [2.24, 2.45) is 11.7 Å². The molecule has 0 atom stereocenters. The molecule has 1 amide bonds. The number of carbonyl (C=O) groups excluding carboxylic acids is 1. The van der Waals surface area contributed by atoms with Crippen LogP contribution in [0.15, 0.2) is 0 Å². The van der Waals surface area contributed by atoms with E-state index in [0.29, 0.717) is 31.9 Å². The predicted molar refractivity (Wildman–Crippen MR) is 77.4 cm³/mol. The first-order valence-corrected chi connectivity index (χ1v) is 7.98. The van der Waals surface area contributed by atoms with Crippen molar-refractivity contribution in [3.63, 3.8) is 0 Å². The van der Waals surface area contributed by atoms with Gasteiger partial charge in [-0.15, -0.1) is 0 Å². The fraction of sp³-hybridized carbons (Fsp3) is 0.933. The highest BCUT2D eigenvalue weighted by atomic mass is 16.5. The molecule has 116 valence electrons. The fourth-order valence-corrected chi connectivity index (χ4v) is 2.89. The monoisotopic (exact) mass is 284 g/mol. The zero-order valence-corrected chi connectivity index (χ0v) is 12.3. The normalized spacial score (nSPS) is 28.2. The topological polar surface area (TPSA) is 73.6 Å². The Kier molecular flexibility index (Phi) is 6.76. The van der Waals surface area contributed by atoms with Crippen LogP contribution < -0.4 is 11.1 Å². The first-order chi connectivity index (χ1) is 9.75. The van der Waals surface area contributed by atoms with E-state index in [1.165, 1.54) is 0 Å². The number of ether oxygens (including phenoxy) is 2. The average Bonchev–Trinajstić information content (AvgIpc) is 2.49. The van der Waals surface area contributed by atoms with E-state index in [-0.39, 0.29) is 11.8 Å². The highest BCUT2D eigenvalue weighted by molar-refractivity contribution is 5.78. The second kappa shape index (κ2) is 8.60. The lowest BCUT2D eigenvalue weighted by Crippen LogP contribution is -2.35. The number of nitrogens with one attached hydrogen (secondary N) is 1. The summed E-state index contributed by atoms with van der Waals surface area (Å²) in [6.45, 7) is 2.87. The molecule has 2 aliphatic rings. The molecule has 0 aromatic rings. The molecule has 1 heterocycles. The van der Waals surface area contributed by atoms with Crippen molar-refractivity contribution in [3.8, 4) is 0 Å². The van der Waals surface area contributed by atoms with E-state index in [2.05, 4.69) is 5.32 Å². The van der Waals surface area contributed by atoms with Gasteiger partial charge in [-0.05, 0) is 44.9 Å². The number of rotatable bonds is 6. The van der Waals surface area contributed by atoms with Gasteiger partial charge in [-0.25, -0.2) is 0 Å². The van der Waals surface area contributed by atoms with Crippen LogP contribution in [-0.2, 0) is 14.3 Å². The van der Waals surface area contributed by atoms with Crippen LogP contribution in [0.25, 0.3) is 0 Å². The van der Waals surface area contributed by atoms with Crippen LogP contribution in [-0.4, -0.2) is 44.4 Å². The minimum absolute atomic E-state index is 0.143. The van der Waals surface area contributed by atoms with Crippen LogP contribution in [0, 0.1) is 5.92 Å². The van der Waals surface area contributed by atoms with Gasteiger partial charge in [0.25, 0.3) is 0 Å². The molecule has 0 aromatic heterocycles. The smallest absolute Gasteiger partial charge is 0.223 e. The standard InChI is InChI=1S/C15H28N2O3/c16-13-2-4-14(5-3-13)20-9-1-8-17-15(18)12-6-10-19-11-7-12/h12-14H,1-11,16H2,(H,17,18). The van der Waals surface area contributed by atoms with Gasteiger partial charge >= 0.3 is 0 Å². The number of carbonyl (C=O) groups is 1. The summed E-state index contributed by atoms with van der Waals surface area (Å²) in [6, 6.07) is 0.369. The summed E-state index contributed by atoms with van der Waals surface area (Å²) in [4.78, 5) is 11.9. The molecule has 0 spiro atoms. The van der Waals surface area contributed by atoms with E-state index in [1.54, 1.807) is 0 Å². The summed E-state index contributed by atoms with van der Waals surface area (Å²) >= 11 is 0. The summed E-state index contributed by atoms with van der Waals surface area (Å²) in [6.07, 6.45) is 7.27. The van der Waals surface area contributed by atoms with Gasteiger partial charge in [-0.1, -0.05) is 0 Å². The lowest BCUT2D eigenvalue weighted by molar-refractivity contribution is -0.127. The van der Waals surface area contributed by atoms with Crippen LogP contribution in [0.2, 0.25) is 0 Å². The van der Waals surface area contributed by atoms with E-state index < -0.39 is 0 Å². The Hall–Kier alpha value is -0.650. The Morgan fingerprint density at radius 1 is 1.15 bits per heavy atom. The molecule has 0 unspecified atom stereocenters. The summed E-state index contributed by atoms with van der Waals surface area (Å²) < 4.78 is 11.1. The third-order valence-electron chi connectivity index (χ3n) is 4.28. The summed E-state index contributed by atoms with van der Waals surface area (Å²) in [5.41, 5.74) is 5.87. The minimum atomic E-state index is 0.143. The summed E-state index contributed by atoms with van der Waals surface area (Å²) in [7, 11) is 0. The average molecular weight is 284 g/mol. The van der Waals surface area contributed by atoms with Crippen LogP contribution >= 0.6 is 0 Å². The molecule has 0 radical (unpaired) electrons. The van der Waals surface area contributed by atoms with Crippen molar-refractivity contribution in [1.82, 2.24) is 5.32 Å². The van der Waals surface area contributed by atoms with Crippen LogP contribution in [0.4, 0.5) is 0 Å². The molecule has 20 heavy (non-hydrogen) atoms. The van der Waals surface area contributed by atoms with E-state index in [4.69, 9.17) is 15.2 Å². The molecule has 3 N–H and O–H groups in total. The van der Waals surface area contributed by atoms with Crippen molar-refractivity contribution < 1.29 is 14.3 Å². The zero-order chi connectivity index (χ0) is 14.2. The second-order valence-corrected chi connectivity index (χ2v) is 5.94. The molecular formula is C15H28N2O3. The maximum absolute atomic E-state index is 11.9. The third-order valence-corrected chi connectivity index (χ3v) is 4.28. The van der Waals surface area contributed by atoms with Crippen molar-refractivity contribution >= 4 is 5.91 Å². The van der Waals surface area contributed by atoms with E-state index in [9.17, 15) is 4.79 Å². The van der Waals surface area contributed by atoms with E-state index in [1.807, 2.05) is 0 Å². The SMILES string of the molecule is NC1CCC(OCCCNC(=O)C2CCOCC2)CC1. The lowest BCUT2D eigenvalue weighted by atomic mass is 9.94. The number of hydrogen-bond donors (Lipinski definition) is 2. The van der Waals surface area contributed by atoms with Gasteiger partial charge in [0.15, 0.2) is 0 Å². The largest absolute Gasteiger partial charge is 0.381 e. The molecule has 2 fully saturated rings. The summed E-state index contributed by atoms with van der Waals surface area (Å²) in [5.74, 6) is 0.321. The van der Waals surface area contributed by atoms with Gasteiger partial charge < -0.3 is 20.5 Å². The maximum atomic E-state index is 11.9. The lowest BCUT2D eigenvalue weighted by Gasteiger charge is -2.26. The maximum Gasteiger partial charge on any atom is 0.223 e. The fourth-order valence-electron chi connectivity index (χ4n) is 2.89. The van der Waals surface area contributed by atoms with Gasteiger partial charge in [0, 0.05) is 38.3 Å². The van der Waals surface area contributed by atoms with E-state index >= 15 is 0 Å². The number of nitrogens with two attached hydrogens (primary N) is 1. The molecule has 0 bridgehead atoms. The minimum Gasteiger partial charge on any atom is -0.381 e. The van der Waals surface area contributed by atoms with Crippen molar-refractivity contribution in [1.29, 1.82) is 0 Å². The van der Waals surface area contributed by atoms with Crippen molar-refractivity contribution in [2.45, 2.75) is 57.1 Å². The Morgan fingerprint density at radius 2 is 1.85 bits per heavy atom. The highest BCUT2D eigenvalue weighted by Crippen LogP contribution is 2.19. The second-order valence-electron chi connectivity index (χ2n) is 5.94. The summed E-state index contributed by atoms with van der Waals surface area (Å²) in [5, 5.41) is 3.00. The Bertz CT molecular complexity index is 285. The Morgan fingerprint density at radius 3 is 2.55 bits per heavy atom. The predicted octanol–water partition coefficient (Wildman–Crippen LogP) is 1.21. The van der Waals surface area contributed by atoms with E-state index in [0.717, 1.165) is 51.6 Å². The molecule has 0 aromatic carbocycles. The Balaban J connectivity index is 1.47. The Labute approximate surface area is 121 Å². The highest BCUT2D eigenvalue weighted by Gasteiger charge is 2.21. The van der Waals surface area contributed by atoms with Crippen LogP contribution in [0.1, 0.15) is 44.9 Å². The molecule has 1 saturated heterocycles. The van der Waals surface area contributed by atoms with Gasteiger partial charge in [0.1, 0.15) is 0 Å². The molecule has 1 aliphatic heterocycles. The number of amides is 1. The quantitative estimate of drug-likeness (QED) is 0.719. The van der Waals surface area contributed by atoms with Crippen LogP contribution in [0.3, 0.4) is 0 Å². The van der Waals surface area contributed by atoms with Gasteiger partial charge in [0.2, 0.25) is 5.91 Å². The van der Waals surface area contributed by atoms with Gasteiger partial charge in [0.05, 0.1) is 6.10 Å². The molecule has 2 rings (SSSR count). The molecule has 1 saturated carbocycles. The van der Waals surface area contributed by atoms with Gasteiger partial charge in [-0.2, -0.15) is 0 Å². The first kappa shape index (κ1) is 15.7. The molecule has 5 heteroatoms. The first-order valence-electron chi connectivity index (χ1n) is 7.98. The zero-order valence-electron chi connectivity index (χ0n) is 12.3. The van der Waals surface area contributed by atoms with Crippen LogP contribution in [0.5, 0.6) is 0 Å². The number of hydrogen-bond acceptors (Lipinski definition) is 4. The van der Waals surface area contributed by atoms with Crippen molar-refractivity contribution in [3.05, 3.63) is 0 Å².